The molecule has 6 nitrogen and oxygen atoms in total. The third-order valence-corrected chi connectivity index (χ3v) is 1.26. The van der Waals surface area contributed by atoms with Crippen LogP contribution in [0, 0.1) is 0 Å². The molecule has 0 amide bonds. The van der Waals surface area contributed by atoms with Crippen molar-refractivity contribution in [3.05, 3.63) is 0 Å². The van der Waals surface area contributed by atoms with E-state index in [9.17, 15) is 8.42 Å². The van der Waals surface area contributed by atoms with Crippen molar-refractivity contribution in [1.29, 1.82) is 0 Å². The SMILES string of the molecule is O=S(=O)(O)NCCC(O)O. The normalized spacial score (nSPS) is 12.4. The van der Waals surface area contributed by atoms with Gasteiger partial charge in [0.2, 0.25) is 0 Å². The van der Waals surface area contributed by atoms with E-state index in [1.54, 1.807) is 4.72 Å². The van der Waals surface area contributed by atoms with Crippen LogP contribution in [0.15, 0.2) is 0 Å². The van der Waals surface area contributed by atoms with Gasteiger partial charge in [-0.15, -0.1) is 0 Å². The molecule has 10 heavy (non-hydrogen) atoms. The van der Waals surface area contributed by atoms with E-state index in [1.165, 1.54) is 0 Å². The zero-order chi connectivity index (χ0) is 8.20. The highest BCUT2D eigenvalue weighted by Crippen LogP contribution is 1.83. The quantitative estimate of drug-likeness (QED) is 0.291. The first kappa shape index (κ1) is 9.79. The lowest BCUT2D eigenvalue weighted by Gasteiger charge is -2.01. The van der Waals surface area contributed by atoms with Gasteiger partial charge in [-0.25, -0.2) is 0 Å². The number of aliphatic hydroxyl groups is 2. The van der Waals surface area contributed by atoms with Gasteiger partial charge in [0.1, 0.15) is 0 Å². The van der Waals surface area contributed by atoms with Gasteiger partial charge in [0.15, 0.2) is 6.29 Å². The number of hydrogen-bond acceptors (Lipinski definition) is 4. The average Bonchev–Trinajstić information content (AvgIpc) is 1.59. The van der Waals surface area contributed by atoms with Crippen molar-refractivity contribution in [3.63, 3.8) is 0 Å². The molecule has 62 valence electrons. The van der Waals surface area contributed by atoms with Gasteiger partial charge < -0.3 is 10.2 Å². The summed E-state index contributed by atoms with van der Waals surface area (Å²) in [5.41, 5.74) is 0. The molecule has 0 aromatic heterocycles. The Balaban J connectivity index is 3.39. The lowest BCUT2D eigenvalue weighted by Crippen LogP contribution is -2.26. The maximum absolute atomic E-state index is 9.89. The highest BCUT2D eigenvalue weighted by molar-refractivity contribution is 7.83. The molecule has 0 aromatic rings. The highest BCUT2D eigenvalue weighted by atomic mass is 32.2. The topological polar surface area (TPSA) is 107 Å². The van der Waals surface area contributed by atoms with Crippen molar-refractivity contribution in [1.82, 2.24) is 4.72 Å². The van der Waals surface area contributed by atoms with Crippen molar-refractivity contribution >= 4 is 10.3 Å². The molecule has 0 radical (unpaired) electrons. The molecular weight excluding hydrogens is 162 g/mol. The zero-order valence-corrected chi connectivity index (χ0v) is 5.87. The lowest BCUT2D eigenvalue weighted by molar-refractivity contribution is -0.0436. The summed E-state index contributed by atoms with van der Waals surface area (Å²) in [4.78, 5) is 0. The minimum atomic E-state index is -4.19. The molecule has 0 aliphatic carbocycles. The summed E-state index contributed by atoms with van der Waals surface area (Å²) in [6.45, 7) is -0.198. The van der Waals surface area contributed by atoms with Crippen molar-refractivity contribution in [2.75, 3.05) is 6.54 Å². The van der Waals surface area contributed by atoms with Gasteiger partial charge in [-0.2, -0.15) is 13.1 Å². The van der Waals surface area contributed by atoms with E-state index in [0.717, 1.165) is 0 Å². The van der Waals surface area contributed by atoms with Crippen LogP contribution < -0.4 is 4.72 Å². The molecule has 0 spiro atoms. The average molecular weight is 171 g/mol. The van der Waals surface area contributed by atoms with Gasteiger partial charge in [-0.1, -0.05) is 0 Å². The molecule has 0 bridgehead atoms. The minimum Gasteiger partial charge on any atom is -0.368 e. The van der Waals surface area contributed by atoms with Gasteiger partial charge >= 0.3 is 10.3 Å². The largest absolute Gasteiger partial charge is 0.368 e. The van der Waals surface area contributed by atoms with Crippen LogP contribution in [0.2, 0.25) is 0 Å². The number of nitrogens with one attached hydrogen (secondary N) is 1. The Labute approximate surface area is 58.4 Å². The van der Waals surface area contributed by atoms with Gasteiger partial charge in [0.25, 0.3) is 0 Å². The van der Waals surface area contributed by atoms with E-state index < -0.39 is 16.6 Å². The highest BCUT2D eigenvalue weighted by Gasteiger charge is 2.03. The number of aliphatic hydroxyl groups excluding tert-OH is 1. The molecule has 0 heterocycles. The Bertz CT molecular complexity index is 173. The molecule has 0 aliphatic rings. The van der Waals surface area contributed by atoms with Gasteiger partial charge in [0.05, 0.1) is 0 Å². The second-order valence-corrected chi connectivity index (χ2v) is 2.88. The summed E-state index contributed by atoms with van der Waals surface area (Å²) in [7, 11) is -4.19. The monoisotopic (exact) mass is 171 g/mol. The summed E-state index contributed by atoms with van der Waals surface area (Å²) in [5.74, 6) is 0. The first-order valence-electron chi connectivity index (χ1n) is 2.50. The van der Waals surface area contributed by atoms with Crippen LogP contribution in [0.1, 0.15) is 6.42 Å². The fourth-order valence-corrected chi connectivity index (χ4v) is 0.693. The molecular formula is C3H9NO5S. The van der Waals surface area contributed by atoms with Crippen molar-refractivity contribution in [2.45, 2.75) is 12.7 Å². The maximum Gasteiger partial charge on any atom is 0.333 e. The third-order valence-electron chi connectivity index (χ3n) is 0.687. The molecule has 0 aromatic carbocycles. The van der Waals surface area contributed by atoms with Gasteiger partial charge in [0, 0.05) is 13.0 Å². The van der Waals surface area contributed by atoms with Crippen molar-refractivity contribution in [2.24, 2.45) is 0 Å². The Morgan fingerprint density at radius 3 is 2.20 bits per heavy atom. The van der Waals surface area contributed by atoms with E-state index in [-0.39, 0.29) is 13.0 Å². The van der Waals surface area contributed by atoms with Crippen molar-refractivity contribution < 1.29 is 23.2 Å². The van der Waals surface area contributed by atoms with Crippen LogP contribution in [-0.2, 0) is 10.3 Å². The molecule has 0 atom stereocenters. The molecule has 4 N–H and O–H groups in total. The summed E-state index contributed by atoms with van der Waals surface area (Å²) >= 11 is 0. The summed E-state index contributed by atoms with van der Waals surface area (Å²) in [6, 6.07) is 0. The Morgan fingerprint density at radius 1 is 1.40 bits per heavy atom. The zero-order valence-electron chi connectivity index (χ0n) is 5.06. The number of rotatable bonds is 4. The minimum absolute atomic E-state index is 0.153. The van der Waals surface area contributed by atoms with Crippen LogP contribution in [0.5, 0.6) is 0 Å². The molecule has 0 aliphatic heterocycles. The van der Waals surface area contributed by atoms with E-state index in [2.05, 4.69) is 0 Å². The second kappa shape index (κ2) is 3.84. The van der Waals surface area contributed by atoms with Crippen LogP contribution in [-0.4, -0.2) is 36.0 Å². The van der Waals surface area contributed by atoms with E-state index >= 15 is 0 Å². The Hall–Kier alpha value is -0.210. The molecule has 0 saturated carbocycles. The molecule has 0 fully saturated rings. The predicted molar refractivity (Wildman–Crippen MR) is 32.4 cm³/mol. The first-order chi connectivity index (χ1) is 4.42. The van der Waals surface area contributed by atoms with Crippen LogP contribution in [0.3, 0.4) is 0 Å². The summed E-state index contributed by atoms with van der Waals surface area (Å²) in [5, 5.41) is 16.4. The van der Waals surface area contributed by atoms with Gasteiger partial charge in [-0.05, 0) is 0 Å². The lowest BCUT2D eigenvalue weighted by atomic mass is 10.4. The second-order valence-electron chi connectivity index (χ2n) is 1.64. The maximum atomic E-state index is 9.89. The fourth-order valence-electron chi connectivity index (χ4n) is 0.317. The van der Waals surface area contributed by atoms with E-state index in [4.69, 9.17) is 14.8 Å². The Kier molecular flexibility index (Phi) is 3.76. The Morgan fingerprint density at radius 2 is 1.90 bits per heavy atom. The molecule has 0 saturated heterocycles. The summed E-state index contributed by atoms with van der Waals surface area (Å²) in [6.07, 6.45) is -1.71. The van der Waals surface area contributed by atoms with Crippen molar-refractivity contribution in [3.8, 4) is 0 Å². The first-order valence-corrected chi connectivity index (χ1v) is 3.94. The molecule has 7 heteroatoms. The number of hydrogen-bond donors (Lipinski definition) is 4. The third kappa shape index (κ3) is 7.79. The van der Waals surface area contributed by atoms with Crippen LogP contribution >= 0.6 is 0 Å². The van der Waals surface area contributed by atoms with E-state index in [0.29, 0.717) is 0 Å². The predicted octanol–water partition coefficient (Wildman–Crippen LogP) is -1.92. The smallest absolute Gasteiger partial charge is 0.333 e. The molecule has 0 unspecified atom stereocenters. The van der Waals surface area contributed by atoms with Gasteiger partial charge in [-0.3, -0.25) is 4.55 Å². The summed E-state index contributed by atoms with van der Waals surface area (Å²) < 4.78 is 29.5. The fraction of sp³-hybridized carbons (Fsp3) is 1.00. The van der Waals surface area contributed by atoms with Crippen LogP contribution in [0.25, 0.3) is 0 Å². The standard InChI is InChI=1S/C3H9NO5S/c5-3(6)1-2-4-10(7,8)9/h3-6H,1-2H2,(H,7,8,9). The van der Waals surface area contributed by atoms with E-state index in [1.807, 2.05) is 0 Å². The molecule has 0 rings (SSSR count). The van der Waals surface area contributed by atoms with Crippen LogP contribution in [0.4, 0.5) is 0 Å².